The van der Waals surface area contributed by atoms with Crippen molar-refractivity contribution in [3.8, 4) is 11.5 Å². The monoisotopic (exact) mass is 250 g/mol. The minimum Gasteiger partial charge on any atom is -0.486 e. The lowest BCUT2D eigenvalue weighted by Gasteiger charge is -2.25. The van der Waals surface area contributed by atoms with Crippen LogP contribution in [-0.4, -0.2) is 26.8 Å². The Balaban J connectivity index is 2.12. The lowest BCUT2D eigenvalue weighted by Crippen LogP contribution is -2.21. The Labute approximate surface area is 109 Å². The number of ether oxygens (including phenoxy) is 2. The first kappa shape index (κ1) is 12.9. The molecule has 0 radical (unpaired) electrons. The molecule has 100 valence electrons. The highest BCUT2D eigenvalue weighted by Gasteiger charge is 2.16. The van der Waals surface area contributed by atoms with E-state index >= 15 is 0 Å². The Morgan fingerprint density at radius 3 is 2.50 bits per heavy atom. The van der Waals surface area contributed by atoms with E-state index in [1.807, 2.05) is 12.1 Å². The molecule has 1 aromatic carbocycles. The molecule has 1 aliphatic rings. The summed E-state index contributed by atoms with van der Waals surface area (Å²) in [7, 11) is 2.07. The van der Waals surface area contributed by atoms with E-state index in [1.54, 1.807) is 0 Å². The van der Waals surface area contributed by atoms with Crippen LogP contribution in [0.1, 0.15) is 26.2 Å². The molecule has 0 atom stereocenters. The summed E-state index contributed by atoms with van der Waals surface area (Å²) < 4.78 is 11.1. The Bertz CT molecular complexity index is 407. The Morgan fingerprint density at radius 1 is 1.17 bits per heavy atom. The van der Waals surface area contributed by atoms with Gasteiger partial charge in [-0.05, 0) is 6.42 Å². The van der Waals surface area contributed by atoms with Gasteiger partial charge < -0.3 is 20.1 Å². The molecule has 0 bridgehead atoms. The van der Waals surface area contributed by atoms with Crippen molar-refractivity contribution < 1.29 is 9.47 Å². The highest BCUT2D eigenvalue weighted by Crippen LogP contribution is 2.38. The van der Waals surface area contributed by atoms with Crippen molar-refractivity contribution in [2.75, 3.05) is 37.4 Å². The molecule has 0 saturated carbocycles. The van der Waals surface area contributed by atoms with E-state index in [-0.39, 0.29) is 0 Å². The molecule has 4 heteroatoms. The topological polar surface area (TPSA) is 47.7 Å². The van der Waals surface area contributed by atoms with Gasteiger partial charge in [0.2, 0.25) is 0 Å². The average molecular weight is 250 g/mol. The van der Waals surface area contributed by atoms with E-state index in [2.05, 4.69) is 18.9 Å². The quantitative estimate of drug-likeness (QED) is 0.644. The second-order valence-corrected chi connectivity index (χ2v) is 4.68. The number of fused-ring (bicyclic) bond motifs is 1. The highest BCUT2D eigenvalue weighted by atomic mass is 16.6. The van der Waals surface area contributed by atoms with E-state index < -0.39 is 0 Å². The normalized spacial score (nSPS) is 13.4. The van der Waals surface area contributed by atoms with Crippen LogP contribution in [0.5, 0.6) is 11.5 Å². The Hall–Kier alpha value is -1.58. The maximum absolute atomic E-state index is 6.07. The summed E-state index contributed by atoms with van der Waals surface area (Å²) in [5.41, 5.74) is 7.84. The predicted octanol–water partition coefficient (Wildman–Crippen LogP) is 2.67. The fraction of sp³-hybridized carbons (Fsp3) is 0.571. The van der Waals surface area contributed by atoms with Crippen LogP contribution in [0.2, 0.25) is 0 Å². The standard InChI is InChI=1S/C14H22N2O2/c1-3-4-5-6-16(2)12-10-14-13(9-11(12)15)17-7-8-18-14/h9-10H,3-8,15H2,1-2H3. The van der Waals surface area contributed by atoms with Crippen molar-refractivity contribution in [1.82, 2.24) is 0 Å². The molecule has 1 heterocycles. The Kier molecular flexibility index (Phi) is 4.18. The number of nitrogens with zero attached hydrogens (tertiary/aromatic N) is 1. The number of nitrogens with two attached hydrogens (primary N) is 1. The summed E-state index contributed by atoms with van der Waals surface area (Å²) in [6.45, 7) is 4.42. The molecule has 1 aromatic rings. The fourth-order valence-corrected chi connectivity index (χ4v) is 2.14. The first-order valence-electron chi connectivity index (χ1n) is 6.62. The van der Waals surface area contributed by atoms with Crippen molar-refractivity contribution in [3.05, 3.63) is 12.1 Å². The van der Waals surface area contributed by atoms with Crippen LogP contribution in [0.4, 0.5) is 11.4 Å². The molecule has 2 rings (SSSR count). The molecule has 2 N–H and O–H groups in total. The van der Waals surface area contributed by atoms with Gasteiger partial charge in [0.25, 0.3) is 0 Å². The number of anilines is 2. The van der Waals surface area contributed by atoms with Crippen molar-refractivity contribution in [2.24, 2.45) is 0 Å². The van der Waals surface area contributed by atoms with Crippen LogP contribution in [0.25, 0.3) is 0 Å². The van der Waals surface area contributed by atoms with Crippen LogP contribution in [-0.2, 0) is 0 Å². The van der Waals surface area contributed by atoms with Crippen molar-refractivity contribution in [2.45, 2.75) is 26.2 Å². The lowest BCUT2D eigenvalue weighted by molar-refractivity contribution is 0.172. The van der Waals surface area contributed by atoms with Crippen molar-refractivity contribution in [1.29, 1.82) is 0 Å². The molecule has 0 spiro atoms. The predicted molar refractivity (Wildman–Crippen MR) is 74.6 cm³/mol. The van der Waals surface area contributed by atoms with Crippen LogP contribution in [0.3, 0.4) is 0 Å². The van der Waals surface area contributed by atoms with E-state index in [1.165, 1.54) is 19.3 Å². The van der Waals surface area contributed by atoms with Gasteiger partial charge in [0.05, 0.1) is 11.4 Å². The smallest absolute Gasteiger partial charge is 0.163 e. The minimum absolute atomic E-state index is 0.595. The summed E-state index contributed by atoms with van der Waals surface area (Å²) in [5, 5.41) is 0. The molecule has 1 aliphatic heterocycles. The third-order valence-electron chi connectivity index (χ3n) is 3.20. The van der Waals surface area contributed by atoms with Crippen LogP contribution >= 0.6 is 0 Å². The highest BCUT2D eigenvalue weighted by molar-refractivity contribution is 5.73. The third kappa shape index (κ3) is 2.81. The van der Waals surface area contributed by atoms with Gasteiger partial charge in [-0.3, -0.25) is 0 Å². The van der Waals surface area contributed by atoms with Gasteiger partial charge in [0.15, 0.2) is 11.5 Å². The van der Waals surface area contributed by atoms with Gasteiger partial charge in [-0.15, -0.1) is 0 Å². The van der Waals surface area contributed by atoms with Crippen molar-refractivity contribution >= 4 is 11.4 Å². The van der Waals surface area contributed by atoms with E-state index in [0.29, 0.717) is 13.2 Å². The molecule has 0 amide bonds. The van der Waals surface area contributed by atoms with Crippen LogP contribution in [0, 0.1) is 0 Å². The van der Waals surface area contributed by atoms with E-state index in [4.69, 9.17) is 15.2 Å². The van der Waals surface area contributed by atoms with Crippen LogP contribution in [0.15, 0.2) is 12.1 Å². The molecule has 0 fully saturated rings. The first-order chi connectivity index (χ1) is 8.72. The number of benzene rings is 1. The van der Waals surface area contributed by atoms with Gasteiger partial charge in [-0.1, -0.05) is 19.8 Å². The zero-order chi connectivity index (χ0) is 13.0. The molecule has 4 nitrogen and oxygen atoms in total. The number of hydrogen-bond acceptors (Lipinski definition) is 4. The summed E-state index contributed by atoms with van der Waals surface area (Å²) in [4.78, 5) is 2.18. The zero-order valence-corrected chi connectivity index (χ0v) is 11.2. The van der Waals surface area contributed by atoms with Gasteiger partial charge in [0.1, 0.15) is 13.2 Å². The van der Waals surface area contributed by atoms with Gasteiger partial charge >= 0.3 is 0 Å². The summed E-state index contributed by atoms with van der Waals surface area (Å²) in [5.74, 6) is 1.55. The molecular formula is C14H22N2O2. The molecule has 18 heavy (non-hydrogen) atoms. The third-order valence-corrected chi connectivity index (χ3v) is 3.20. The lowest BCUT2D eigenvalue weighted by atomic mass is 10.2. The fourth-order valence-electron chi connectivity index (χ4n) is 2.14. The molecule has 0 saturated heterocycles. The number of nitrogen functional groups attached to an aromatic ring is 1. The first-order valence-corrected chi connectivity index (χ1v) is 6.62. The average Bonchev–Trinajstić information content (AvgIpc) is 2.38. The number of hydrogen-bond donors (Lipinski definition) is 1. The molecule has 0 aliphatic carbocycles. The molecule has 0 unspecified atom stereocenters. The second kappa shape index (κ2) is 5.85. The number of unbranched alkanes of at least 4 members (excludes halogenated alkanes) is 2. The van der Waals surface area contributed by atoms with Gasteiger partial charge in [0, 0.05) is 25.7 Å². The second-order valence-electron chi connectivity index (χ2n) is 4.68. The maximum Gasteiger partial charge on any atom is 0.163 e. The summed E-state index contributed by atoms with van der Waals surface area (Å²) >= 11 is 0. The van der Waals surface area contributed by atoms with Crippen LogP contribution < -0.4 is 20.1 Å². The Morgan fingerprint density at radius 2 is 1.83 bits per heavy atom. The SMILES string of the molecule is CCCCCN(C)c1cc2c(cc1N)OCCO2. The van der Waals surface area contributed by atoms with E-state index in [0.717, 1.165) is 29.4 Å². The molecular weight excluding hydrogens is 228 g/mol. The maximum atomic E-state index is 6.07. The molecule has 0 aromatic heterocycles. The summed E-state index contributed by atoms with van der Waals surface area (Å²) in [6.07, 6.45) is 3.65. The number of rotatable bonds is 5. The van der Waals surface area contributed by atoms with Gasteiger partial charge in [-0.2, -0.15) is 0 Å². The van der Waals surface area contributed by atoms with Gasteiger partial charge in [-0.25, -0.2) is 0 Å². The minimum atomic E-state index is 0.595. The largest absolute Gasteiger partial charge is 0.486 e. The zero-order valence-electron chi connectivity index (χ0n) is 11.2. The summed E-state index contributed by atoms with van der Waals surface area (Å²) in [6, 6.07) is 3.84. The van der Waals surface area contributed by atoms with Crippen molar-refractivity contribution in [3.63, 3.8) is 0 Å². The van der Waals surface area contributed by atoms with E-state index in [9.17, 15) is 0 Å².